The molecule has 112 valence electrons. The Morgan fingerprint density at radius 3 is 2.50 bits per heavy atom. The first-order valence-corrected chi connectivity index (χ1v) is 7.84. The van der Waals surface area contributed by atoms with Gasteiger partial charge in [0.15, 0.2) is 0 Å². The van der Waals surface area contributed by atoms with Crippen molar-refractivity contribution in [3.63, 3.8) is 0 Å². The monoisotopic (exact) mass is 295 g/mol. The van der Waals surface area contributed by atoms with E-state index in [4.69, 9.17) is 16.3 Å². The van der Waals surface area contributed by atoms with Crippen LogP contribution in [0.3, 0.4) is 0 Å². The summed E-state index contributed by atoms with van der Waals surface area (Å²) in [5, 5.41) is 4.42. The molecule has 3 heteroatoms. The molecule has 1 aromatic carbocycles. The summed E-state index contributed by atoms with van der Waals surface area (Å²) in [5.74, 6) is 2.49. The predicted molar refractivity (Wildman–Crippen MR) is 85.7 cm³/mol. The van der Waals surface area contributed by atoms with Gasteiger partial charge in [-0.25, -0.2) is 0 Å². The molecule has 2 atom stereocenters. The van der Waals surface area contributed by atoms with Crippen LogP contribution in [0.4, 0.5) is 0 Å². The summed E-state index contributed by atoms with van der Waals surface area (Å²) in [6.45, 7) is 7.78. The molecular formula is C17H26ClNO. The lowest BCUT2D eigenvalue weighted by Crippen LogP contribution is -2.44. The van der Waals surface area contributed by atoms with Crippen LogP contribution in [0, 0.1) is 11.8 Å². The number of nitrogens with one attached hydrogen (secondary N) is 1. The smallest absolute Gasteiger partial charge is 0.122 e. The second-order valence-corrected chi connectivity index (χ2v) is 7.33. The minimum absolute atomic E-state index is 0.202. The van der Waals surface area contributed by atoms with Gasteiger partial charge in [-0.2, -0.15) is 0 Å². The summed E-state index contributed by atoms with van der Waals surface area (Å²) in [5.41, 5.74) is 1.44. The van der Waals surface area contributed by atoms with Crippen LogP contribution in [0.2, 0.25) is 5.02 Å². The van der Waals surface area contributed by atoms with E-state index in [-0.39, 0.29) is 5.54 Å². The van der Waals surface area contributed by atoms with Gasteiger partial charge in [0, 0.05) is 10.6 Å². The molecule has 2 nitrogen and oxygen atoms in total. The molecule has 2 rings (SSSR count). The second kappa shape index (κ2) is 6.36. The van der Waals surface area contributed by atoms with Crippen molar-refractivity contribution in [2.24, 2.45) is 11.8 Å². The normalized spacial score (nSPS) is 22.4. The van der Waals surface area contributed by atoms with Crippen molar-refractivity contribution in [2.45, 2.75) is 45.6 Å². The predicted octanol–water partition coefficient (Wildman–Crippen LogP) is 4.31. The van der Waals surface area contributed by atoms with Gasteiger partial charge in [0.1, 0.15) is 5.75 Å². The molecule has 1 aromatic rings. The number of ether oxygens (including phenoxy) is 1. The number of methoxy groups -OCH3 is 1. The van der Waals surface area contributed by atoms with Crippen LogP contribution < -0.4 is 10.1 Å². The molecule has 0 spiro atoms. The van der Waals surface area contributed by atoms with Crippen LogP contribution in [0.15, 0.2) is 18.2 Å². The summed E-state index contributed by atoms with van der Waals surface area (Å²) >= 11 is 6.11. The quantitative estimate of drug-likeness (QED) is 0.874. The molecule has 0 heterocycles. The van der Waals surface area contributed by atoms with E-state index in [0.717, 1.165) is 35.6 Å². The first-order valence-electron chi connectivity index (χ1n) is 7.46. The maximum atomic E-state index is 6.11. The molecule has 0 bridgehead atoms. The van der Waals surface area contributed by atoms with E-state index in [0.29, 0.717) is 0 Å². The van der Waals surface area contributed by atoms with Crippen molar-refractivity contribution in [3.8, 4) is 5.75 Å². The zero-order chi connectivity index (χ0) is 14.8. The van der Waals surface area contributed by atoms with E-state index in [9.17, 15) is 0 Å². The lowest BCUT2D eigenvalue weighted by atomic mass is 9.70. The lowest BCUT2D eigenvalue weighted by Gasteiger charge is -2.39. The molecule has 1 fully saturated rings. The molecule has 0 aromatic heterocycles. The van der Waals surface area contributed by atoms with Crippen LogP contribution in [0.5, 0.6) is 5.75 Å². The van der Waals surface area contributed by atoms with Gasteiger partial charge in [-0.1, -0.05) is 11.6 Å². The van der Waals surface area contributed by atoms with Crippen molar-refractivity contribution >= 4 is 11.6 Å². The van der Waals surface area contributed by atoms with E-state index < -0.39 is 0 Å². The molecular weight excluding hydrogens is 270 g/mol. The SMILES string of the molecule is COc1ccc(Cl)cc1CC1CCC1CNC(C)(C)C. The van der Waals surface area contributed by atoms with Crippen LogP contribution in [-0.2, 0) is 6.42 Å². The van der Waals surface area contributed by atoms with Gasteiger partial charge in [-0.05, 0) is 82.2 Å². The average molecular weight is 296 g/mol. The highest BCUT2D eigenvalue weighted by Gasteiger charge is 2.32. The molecule has 1 N–H and O–H groups in total. The van der Waals surface area contributed by atoms with Crippen molar-refractivity contribution in [3.05, 3.63) is 28.8 Å². The molecule has 20 heavy (non-hydrogen) atoms. The molecule has 0 radical (unpaired) electrons. The third kappa shape index (κ3) is 4.13. The summed E-state index contributed by atoms with van der Waals surface area (Å²) in [4.78, 5) is 0. The van der Waals surface area contributed by atoms with Gasteiger partial charge in [-0.3, -0.25) is 0 Å². The van der Waals surface area contributed by atoms with Crippen LogP contribution >= 0.6 is 11.6 Å². The Hall–Kier alpha value is -0.730. The maximum Gasteiger partial charge on any atom is 0.122 e. The summed E-state index contributed by atoms with van der Waals surface area (Å²) < 4.78 is 5.45. The first kappa shape index (κ1) is 15.7. The molecule has 1 aliphatic carbocycles. The zero-order valence-electron chi connectivity index (χ0n) is 13.0. The molecule has 0 saturated heterocycles. The topological polar surface area (TPSA) is 21.3 Å². The van der Waals surface area contributed by atoms with E-state index in [1.165, 1.54) is 18.4 Å². The van der Waals surface area contributed by atoms with Crippen molar-refractivity contribution in [1.82, 2.24) is 5.32 Å². The third-order valence-electron chi connectivity index (χ3n) is 4.19. The zero-order valence-corrected chi connectivity index (χ0v) is 13.8. The third-order valence-corrected chi connectivity index (χ3v) is 4.43. The van der Waals surface area contributed by atoms with E-state index in [1.54, 1.807) is 7.11 Å². The van der Waals surface area contributed by atoms with Crippen LogP contribution in [0.25, 0.3) is 0 Å². The summed E-state index contributed by atoms with van der Waals surface area (Å²) in [6.07, 6.45) is 3.71. The molecule has 0 aliphatic heterocycles. The van der Waals surface area contributed by atoms with Crippen LogP contribution in [-0.4, -0.2) is 19.2 Å². The molecule has 1 saturated carbocycles. The second-order valence-electron chi connectivity index (χ2n) is 6.89. The standard InChI is InChI=1S/C17H26ClNO/c1-17(2,3)19-11-13-6-5-12(13)9-14-10-15(18)7-8-16(14)20-4/h7-8,10,12-13,19H,5-6,9,11H2,1-4H3. The lowest BCUT2D eigenvalue weighted by molar-refractivity contribution is 0.158. The Bertz CT molecular complexity index is 453. The number of benzene rings is 1. The molecule has 2 unspecified atom stereocenters. The van der Waals surface area contributed by atoms with Gasteiger partial charge in [0.2, 0.25) is 0 Å². The minimum Gasteiger partial charge on any atom is -0.496 e. The highest BCUT2D eigenvalue weighted by atomic mass is 35.5. The van der Waals surface area contributed by atoms with Gasteiger partial charge in [0.05, 0.1) is 7.11 Å². The van der Waals surface area contributed by atoms with Gasteiger partial charge in [-0.15, -0.1) is 0 Å². The average Bonchev–Trinajstić information content (AvgIpc) is 2.33. The molecule has 1 aliphatic rings. The Morgan fingerprint density at radius 2 is 1.95 bits per heavy atom. The maximum absolute atomic E-state index is 6.11. The van der Waals surface area contributed by atoms with Crippen LogP contribution in [0.1, 0.15) is 39.2 Å². The van der Waals surface area contributed by atoms with Gasteiger partial charge < -0.3 is 10.1 Å². The van der Waals surface area contributed by atoms with Crippen molar-refractivity contribution < 1.29 is 4.74 Å². The highest BCUT2D eigenvalue weighted by molar-refractivity contribution is 6.30. The number of hydrogen-bond acceptors (Lipinski definition) is 2. The minimum atomic E-state index is 0.202. The Kier molecular flexibility index (Phi) is 4.98. The Morgan fingerprint density at radius 1 is 1.25 bits per heavy atom. The van der Waals surface area contributed by atoms with E-state index in [1.807, 2.05) is 18.2 Å². The fourth-order valence-corrected chi connectivity index (χ4v) is 3.00. The highest BCUT2D eigenvalue weighted by Crippen LogP contribution is 2.38. The van der Waals surface area contributed by atoms with Gasteiger partial charge >= 0.3 is 0 Å². The van der Waals surface area contributed by atoms with Crippen molar-refractivity contribution in [1.29, 1.82) is 0 Å². The van der Waals surface area contributed by atoms with E-state index >= 15 is 0 Å². The fraction of sp³-hybridized carbons (Fsp3) is 0.647. The van der Waals surface area contributed by atoms with Gasteiger partial charge in [0.25, 0.3) is 0 Å². The Balaban J connectivity index is 1.95. The number of rotatable bonds is 5. The van der Waals surface area contributed by atoms with E-state index in [2.05, 4.69) is 26.1 Å². The first-order chi connectivity index (χ1) is 9.39. The Labute approximate surface area is 127 Å². The largest absolute Gasteiger partial charge is 0.496 e. The fourth-order valence-electron chi connectivity index (χ4n) is 2.80. The summed E-state index contributed by atoms with van der Waals surface area (Å²) in [7, 11) is 1.73. The van der Waals surface area contributed by atoms with Crippen molar-refractivity contribution in [2.75, 3.05) is 13.7 Å². The summed E-state index contributed by atoms with van der Waals surface area (Å²) in [6, 6.07) is 5.91. The molecule has 0 amide bonds. The number of halogens is 1. The number of hydrogen-bond donors (Lipinski definition) is 1.